The molecule has 0 radical (unpaired) electrons. The Kier molecular flexibility index (Phi) is 4.05. The van der Waals surface area contributed by atoms with E-state index in [1.165, 1.54) is 21.3 Å². The van der Waals surface area contributed by atoms with E-state index in [0.717, 1.165) is 6.42 Å². The lowest BCUT2D eigenvalue weighted by atomic mass is 9.64. The Morgan fingerprint density at radius 1 is 1.15 bits per heavy atom. The van der Waals surface area contributed by atoms with Crippen molar-refractivity contribution in [1.29, 1.82) is 5.26 Å². The summed E-state index contributed by atoms with van der Waals surface area (Å²) in [4.78, 5) is 0. The summed E-state index contributed by atoms with van der Waals surface area (Å²) >= 11 is 0. The zero-order valence-corrected chi connectivity index (χ0v) is 12.0. The summed E-state index contributed by atoms with van der Waals surface area (Å²) in [6.07, 6.45) is 1.53. The highest BCUT2D eigenvalue weighted by Gasteiger charge is 2.45. The van der Waals surface area contributed by atoms with Gasteiger partial charge < -0.3 is 19.3 Å². The molecule has 0 bridgehead atoms. The molecule has 1 saturated carbocycles. The third-order valence-corrected chi connectivity index (χ3v) is 3.99. The van der Waals surface area contributed by atoms with Gasteiger partial charge in [0, 0.05) is 0 Å². The van der Waals surface area contributed by atoms with Gasteiger partial charge in [-0.15, -0.1) is 0 Å². The monoisotopic (exact) mass is 277 g/mol. The van der Waals surface area contributed by atoms with Crippen LogP contribution in [0.4, 0.5) is 0 Å². The highest BCUT2D eigenvalue weighted by atomic mass is 16.5. The minimum absolute atomic E-state index is 0.477. The number of nitriles is 1. The van der Waals surface area contributed by atoms with Gasteiger partial charge in [0.1, 0.15) is 0 Å². The highest BCUT2D eigenvalue weighted by molar-refractivity contribution is 5.54. The molecule has 1 unspecified atom stereocenters. The smallest absolute Gasteiger partial charge is 0.203 e. The number of hydrogen-bond donors (Lipinski definition) is 1. The van der Waals surface area contributed by atoms with Gasteiger partial charge in [0.2, 0.25) is 5.75 Å². The Morgan fingerprint density at radius 2 is 1.70 bits per heavy atom. The van der Waals surface area contributed by atoms with Crippen molar-refractivity contribution >= 4 is 0 Å². The molecule has 108 valence electrons. The molecule has 0 aromatic heterocycles. The van der Waals surface area contributed by atoms with Crippen LogP contribution in [0.5, 0.6) is 17.2 Å². The fourth-order valence-corrected chi connectivity index (χ4v) is 2.58. The van der Waals surface area contributed by atoms with Crippen molar-refractivity contribution in [2.45, 2.75) is 25.4 Å². The van der Waals surface area contributed by atoms with E-state index >= 15 is 0 Å². The van der Waals surface area contributed by atoms with Crippen LogP contribution in [0.3, 0.4) is 0 Å². The Morgan fingerprint density at radius 3 is 2.00 bits per heavy atom. The normalized spacial score (nSPS) is 17.6. The van der Waals surface area contributed by atoms with Gasteiger partial charge in [0.05, 0.1) is 38.9 Å². The molecule has 0 aliphatic heterocycles. The first-order valence-electron chi connectivity index (χ1n) is 6.51. The largest absolute Gasteiger partial charge is 0.493 e. The molecule has 1 aliphatic carbocycles. The summed E-state index contributed by atoms with van der Waals surface area (Å²) in [5, 5.41) is 19.8. The molecule has 1 N–H and O–H groups in total. The third-order valence-electron chi connectivity index (χ3n) is 3.99. The van der Waals surface area contributed by atoms with Gasteiger partial charge in [-0.3, -0.25) is 0 Å². The van der Waals surface area contributed by atoms with Crippen LogP contribution in [0.1, 0.15) is 30.9 Å². The highest BCUT2D eigenvalue weighted by Crippen LogP contribution is 2.51. The van der Waals surface area contributed by atoms with E-state index in [0.29, 0.717) is 35.7 Å². The summed E-state index contributed by atoms with van der Waals surface area (Å²) in [7, 11) is 4.58. The minimum Gasteiger partial charge on any atom is -0.493 e. The first-order valence-corrected chi connectivity index (χ1v) is 6.51. The molecule has 1 fully saturated rings. The van der Waals surface area contributed by atoms with Crippen LogP contribution in [0.15, 0.2) is 12.1 Å². The van der Waals surface area contributed by atoms with Crippen molar-refractivity contribution in [1.82, 2.24) is 0 Å². The van der Waals surface area contributed by atoms with Crippen molar-refractivity contribution in [3.63, 3.8) is 0 Å². The van der Waals surface area contributed by atoms with Crippen LogP contribution in [-0.2, 0) is 0 Å². The Labute approximate surface area is 118 Å². The molecule has 20 heavy (non-hydrogen) atoms. The van der Waals surface area contributed by atoms with Gasteiger partial charge in [-0.1, -0.05) is 6.42 Å². The molecule has 5 heteroatoms. The second kappa shape index (κ2) is 5.59. The van der Waals surface area contributed by atoms with Crippen molar-refractivity contribution in [3.8, 4) is 23.3 Å². The molecule has 1 aliphatic rings. The average molecular weight is 277 g/mol. The number of hydrogen-bond acceptors (Lipinski definition) is 5. The number of aliphatic hydroxyl groups is 1. The Bertz CT molecular complexity index is 506. The average Bonchev–Trinajstić information content (AvgIpc) is 2.44. The zero-order chi connectivity index (χ0) is 14.8. The maximum Gasteiger partial charge on any atom is 0.203 e. The standard InChI is InChI=1S/C15H19NO4/c1-18-11-7-10(8-12(19-2)13(11)20-3)14(17)15(9-16)5-4-6-15/h7-8,14,17H,4-6H2,1-3H3. The summed E-state index contributed by atoms with van der Waals surface area (Å²) in [5.74, 6) is 1.44. The maximum absolute atomic E-state index is 10.5. The van der Waals surface area contributed by atoms with Gasteiger partial charge in [-0.05, 0) is 30.5 Å². The first-order chi connectivity index (χ1) is 9.61. The van der Waals surface area contributed by atoms with Gasteiger partial charge in [0.15, 0.2) is 11.5 Å². The number of aliphatic hydroxyl groups excluding tert-OH is 1. The SMILES string of the molecule is COc1cc(C(O)C2(C#N)CCC2)cc(OC)c1OC. The Balaban J connectivity index is 2.45. The van der Waals surface area contributed by atoms with Crippen molar-refractivity contribution < 1.29 is 19.3 Å². The van der Waals surface area contributed by atoms with E-state index in [1.54, 1.807) is 12.1 Å². The molecular weight excluding hydrogens is 258 g/mol. The molecule has 0 saturated heterocycles. The Hall–Kier alpha value is -1.93. The maximum atomic E-state index is 10.5. The quantitative estimate of drug-likeness (QED) is 0.895. The van der Waals surface area contributed by atoms with E-state index in [1.807, 2.05) is 0 Å². The molecule has 2 rings (SSSR count). The zero-order valence-electron chi connectivity index (χ0n) is 12.0. The lowest BCUT2D eigenvalue weighted by Gasteiger charge is -2.39. The van der Waals surface area contributed by atoms with Gasteiger partial charge in [-0.2, -0.15) is 5.26 Å². The summed E-state index contributed by atoms with van der Waals surface area (Å²) in [5.41, 5.74) is -0.0781. The number of nitrogens with zero attached hydrogens (tertiary/aromatic N) is 1. The summed E-state index contributed by atoms with van der Waals surface area (Å²) in [6, 6.07) is 5.65. The molecule has 1 atom stereocenters. The first kappa shape index (κ1) is 14.5. The lowest BCUT2D eigenvalue weighted by Crippen LogP contribution is -2.34. The third kappa shape index (κ3) is 2.16. The number of benzene rings is 1. The van der Waals surface area contributed by atoms with E-state index in [9.17, 15) is 10.4 Å². The topological polar surface area (TPSA) is 71.7 Å². The van der Waals surface area contributed by atoms with Crippen LogP contribution in [0.25, 0.3) is 0 Å². The van der Waals surface area contributed by atoms with E-state index in [-0.39, 0.29) is 0 Å². The van der Waals surface area contributed by atoms with Crippen molar-refractivity contribution in [3.05, 3.63) is 17.7 Å². The fraction of sp³-hybridized carbons (Fsp3) is 0.533. The van der Waals surface area contributed by atoms with E-state index in [4.69, 9.17) is 14.2 Å². The molecule has 0 heterocycles. The fourth-order valence-electron chi connectivity index (χ4n) is 2.58. The van der Waals surface area contributed by atoms with Crippen LogP contribution < -0.4 is 14.2 Å². The molecule has 0 spiro atoms. The van der Waals surface area contributed by atoms with Crippen molar-refractivity contribution in [2.24, 2.45) is 5.41 Å². The summed E-state index contributed by atoms with van der Waals surface area (Å²) < 4.78 is 15.8. The number of ether oxygens (including phenoxy) is 3. The van der Waals surface area contributed by atoms with E-state index in [2.05, 4.69) is 6.07 Å². The number of methoxy groups -OCH3 is 3. The summed E-state index contributed by atoms with van der Waals surface area (Å²) in [6.45, 7) is 0. The molecule has 1 aromatic rings. The predicted molar refractivity (Wildman–Crippen MR) is 73.0 cm³/mol. The molecular formula is C15H19NO4. The van der Waals surface area contributed by atoms with Crippen LogP contribution >= 0.6 is 0 Å². The van der Waals surface area contributed by atoms with E-state index < -0.39 is 11.5 Å². The number of rotatable bonds is 5. The van der Waals surface area contributed by atoms with Gasteiger partial charge >= 0.3 is 0 Å². The van der Waals surface area contributed by atoms with Crippen LogP contribution in [-0.4, -0.2) is 26.4 Å². The van der Waals surface area contributed by atoms with Gasteiger partial charge in [-0.25, -0.2) is 0 Å². The molecule has 5 nitrogen and oxygen atoms in total. The minimum atomic E-state index is -0.852. The predicted octanol–water partition coefficient (Wildman–Crippen LogP) is 2.44. The lowest BCUT2D eigenvalue weighted by molar-refractivity contribution is 0.00766. The van der Waals surface area contributed by atoms with Crippen molar-refractivity contribution in [2.75, 3.05) is 21.3 Å². The van der Waals surface area contributed by atoms with Gasteiger partial charge in [0.25, 0.3) is 0 Å². The second-order valence-corrected chi connectivity index (χ2v) is 4.98. The second-order valence-electron chi connectivity index (χ2n) is 4.98. The molecule has 1 aromatic carbocycles. The van der Waals surface area contributed by atoms with Crippen LogP contribution in [0.2, 0.25) is 0 Å². The van der Waals surface area contributed by atoms with Crippen LogP contribution in [0, 0.1) is 16.7 Å². The molecule has 0 amide bonds.